The fourth-order valence-corrected chi connectivity index (χ4v) is 4.60. The van der Waals surface area contributed by atoms with Gasteiger partial charge in [0.1, 0.15) is 5.82 Å². The van der Waals surface area contributed by atoms with E-state index in [2.05, 4.69) is 32.3 Å². The monoisotopic (exact) mass is 355 g/mol. The number of hydrogen-bond donors (Lipinski definition) is 0. The molecule has 0 saturated carbocycles. The molecular weight excluding hydrogens is 334 g/mol. The lowest BCUT2D eigenvalue weighted by atomic mass is 9.84. The van der Waals surface area contributed by atoms with Gasteiger partial charge in [0.05, 0.1) is 5.52 Å². The molecule has 1 aliphatic heterocycles. The second kappa shape index (κ2) is 6.03. The maximum atomic E-state index is 13.3. The minimum atomic E-state index is 0. The molecule has 0 radical (unpaired) electrons. The highest BCUT2D eigenvalue weighted by molar-refractivity contribution is 6.12. The predicted molar refractivity (Wildman–Crippen MR) is 101 cm³/mol. The summed E-state index contributed by atoms with van der Waals surface area (Å²) >= 11 is 0. The van der Waals surface area contributed by atoms with Gasteiger partial charge >= 0.3 is 0 Å². The van der Waals surface area contributed by atoms with E-state index in [0.717, 1.165) is 43.7 Å². The molecule has 0 bridgehead atoms. The van der Waals surface area contributed by atoms with E-state index < -0.39 is 0 Å². The van der Waals surface area contributed by atoms with Gasteiger partial charge in [-0.1, -0.05) is 18.2 Å². The second-order valence-corrected chi connectivity index (χ2v) is 7.12. The maximum absolute atomic E-state index is 13.3. The highest BCUT2D eigenvalue weighted by Crippen LogP contribution is 2.38. The molecule has 2 aromatic heterocycles. The molecule has 0 fully saturated rings. The van der Waals surface area contributed by atoms with Crippen LogP contribution in [0.1, 0.15) is 40.3 Å². The Labute approximate surface area is 153 Å². The fourth-order valence-electron chi connectivity index (χ4n) is 4.60. The van der Waals surface area contributed by atoms with Crippen LogP contribution < -0.4 is 0 Å². The van der Waals surface area contributed by atoms with Crippen molar-refractivity contribution >= 4 is 29.1 Å². The largest absolute Gasteiger partial charge is 0.344 e. The summed E-state index contributed by atoms with van der Waals surface area (Å²) in [6.07, 6.45) is 8.05. The van der Waals surface area contributed by atoms with Crippen LogP contribution in [0.5, 0.6) is 0 Å². The Bertz CT molecular complexity index is 969. The van der Waals surface area contributed by atoms with Crippen LogP contribution in [0.15, 0.2) is 30.6 Å². The molecule has 0 amide bonds. The van der Waals surface area contributed by atoms with Crippen LogP contribution in [0.4, 0.5) is 0 Å². The molecular formula is C20H22ClN3O. The zero-order valence-electron chi connectivity index (χ0n) is 14.4. The lowest BCUT2D eigenvalue weighted by Gasteiger charge is -2.24. The van der Waals surface area contributed by atoms with Gasteiger partial charge in [-0.05, 0) is 38.2 Å². The molecule has 1 aliphatic carbocycles. The number of aromatic nitrogens is 3. The van der Waals surface area contributed by atoms with Crippen LogP contribution in [-0.4, -0.2) is 19.9 Å². The third kappa shape index (κ3) is 2.35. The summed E-state index contributed by atoms with van der Waals surface area (Å²) in [4.78, 5) is 17.6. The number of rotatable bonds is 2. The van der Waals surface area contributed by atoms with Crippen molar-refractivity contribution in [1.29, 1.82) is 0 Å². The summed E-state index contributed by atoms with van der Waals surface area (Å²) in [6, 6.07) is 6.48. The van der Waals surface area contributed by atoms with Crippen LogP contribution in [0.25, 0.3) is 10.9 Å². The van der Waals surface area contributed by atoms with Crippen molar-refractivity contribution in [2.24, 2.45) is 5.92 Å². The van der Waals surface area contributed by atoms with Gasteiger partial charge in [-0.25, -0.2) is 4.98 Å². The summed E-state index contributed by atoms with van der Waals surface area (Å²) in [5, 5.41) is 1.18. The number of fused-ring (bicyclic) bond motifs is 3. The van der Waals surface area contributed by atoms with Crippen molar-refractivity contribution in [3.8, 4) is 0 Å². The standard InChI is InChI=1S/C20H21N3O.ClH/c1-13-21-9-11-22(13)12-15-7-8-17-18(20(15)24)16-6-2-4-14-5-3-10-23(17)19(14)16;/h2,4,6,9,11,15H,3,5,7-8,10,12H2,1H3;1H/t15-;/m0./s1. The predicted octanol–water partition coefficient (Wildman–Crippen LogP) is 3.96. The van der Waals surface area contributed by atoms with E-state index in [4.69, 9.17) is 0 Å². The molecule has 0 unspecified atom stereocenters. The van der Waals surface area contributed by atoms with Gasteiger partial charge in [-0.15, -0.1) is 12.4 Å². The summed E-state index contributed by atoms with van der Waals surface area (Å²) < 4.78 is 4.54. The van der Waals surface area contributed by atoms with Crippen molar-refractivity contribution in [2.75, 3.05) is 0 Å². The molecule has 0 saturated heterocycles. The first-order valence-corrected chi connectivity index (χ1v) is 8.89. The van der Waals surface area contributed by atoms with Crippen LogP contribution in [0, 0.1) is 12.8 Å². The zero-order chi connectivity index (χ0) is 16.3. The number of halogens is 1. The first-order chi connectivity index (χ1) is 11.7. The zero-order valence-corrected chi connectivity index (χ0v) is 15.2. The molecule has 0 spiro atoms. The Morgan fingerprint density at radius 2 is 2.16 bits per heavy atom. The number of carbonyl (C=O) groups is 1. The fraction of sp³-hybridized carbons (Fsp3) is 0.400. The molecule has 130 valence electrons. The van der Waals surface area contributed by atoms with Crippen LogP contribution >= 0.6 is 12.4 Å². The van der Waals surface area contributed by atoms with Crippen molar-refractivity contribution in [2.45, 2.75) is 45.7 Å². The molecule has 3 aromatic rings. The molecule has 1 aromatic carbocycles. The van der Waals surface area contributed by atoms with E-state index in [9.17, 15) is 4.79 Å². The topological polar surface area (TPSA) is 39.8 Å². The van der Waals surface area contributed by atoms with E-state index in [-0.39, 0.29) is 18.3 Å². The Balaban J connectivity index is 0.00000157. The van der Waals surface area contributed by atoms with Crippen molar-refractivity contribution < 1.29 is 4.79 Å². The number of hydrogen-bond acceptors (Lipinski definition) is 2. The van der Waals surface area contributed by atoms with Crippen LogP contribution in [-0.2, 0) is 25.9 Å². The molecule has 4 nitrogen and oxygen atoms in total. The highest BCUT2D eigenvalue weighted by Gasteiger charge is 2.34. The normalized spacial score (nSPS) is 18.9. The number of carbonyl (C=O) groups excluding carboxylic acids is 1. The Morgan fingerprint density at radius 3 is 2.96 bits per heavy atom. The summed E-state index contributed by atoms with van der Waals surface area (Å²) in [5.41, 5.74) is 5.01. The summed E-state index contributed by atoms with van der Waals surface area (Å²) in [7, 11) is 0. The Hall–Kier alpha value is -2.07. The number of benzene rings is 1. The summed E-state index contributed by atoms with van der Waals surface area (Å²) in [5.74, 6) is 1.37. The van der Waals surface area contributed by atoms with E-state index in [0.29, 0.717) is 5.78 Å². The number of ketones is 1. The SMILES string of the molecule is Cc1nccn1C[C@@H]1CCc2c(c3cccc4c3n2CCC4)C1=O.Cl. The van der Waals surface area contributed by atoms with E-state index in [1.54, 1.807) is 0 Å². The Morgan fingerprint density at radius 1 is 1.28 bits per heavy atom. The van der Waals surface area contributed by atoms with Gasteiger partial charge in [0, 0.05) is 48.0 Å². The van der Waals surface area contributed by atoms with Crippen molar-refractivity contribution in [3.05, 3.63) is 53.2 Å². The number of imidazole rings is 1. The van der Waals surface area contributed by atoms with E-state index in [1.165, 1.54) is 28.6 Å². The van der Waals surface area contributed by atoms with Gasteiger partial charge in [-0.3, -0.25) is 4.79 Å². The van der Waals surface area contributed by atoms with Crippen molar-refractivity contribution in [3.63, 3.8) is 0 Å². The lowest BCUT2D eigenvalue weighted by Crippen LogP contribution is -2.27. The Kier molecular flexibility index (Phi) is 3.95. The smallest absolute Gasteiger partial charge is 0.170 e. The number of para-hydroxylation sites is 1. The first kappa shape index (κ1) is 16.4. The third-order valence-electron chi connectivity index (χ3n) is 5.79. The minimum Gasteiger partial charge on any atom is -0.344 e. The molecule has 3 heterocycles. The van der Waals surface area contributed by atoms with Gasteiger partial charge in [-0.2, -0.15) is 0 Å². The van der Waals surface area contributed by atoms with Gasteiger partial charge in [0.2, 0.25) is 0 Å². The molecule has 5 heteroatoms. The van der Waals surface area contributed by atoms with Crippen LogP contribution in [0.3, 0.4) is 0 Å². The molecule has 0 N–H and O–H groups in total. The number of Topliss-reactive ketones (excluding diaryl/α,β-unsaturated/α-hetero) is 1. The summed E-state index contributed by atoms with van der Waals surface area (Å²) in [6.45, 7) is 3.80. The molecule has 1 atom stereocenters. The van der Waals surface area contributed by atoms with Gasteiger partial charge in [0.25, 0.3) is 0 Å². The van der Waals surface area contributed by atoms with Gasteiger partial charge < -0.3 is 9.13 Å². The quantitative estimate of drug-likeness (QED) is 0.698. The molecule has 2 aliphatic rings. The lowest BCUT2D eigenvalue weighted by molar-refractivity contribution is 0.0887. The molecule has 5 rings (SSSR count). The minimum absolute atomic E-state index is 0. The molecule has 25 heavy (non-hydrogen) atoms. The van der Waals surface area contributed by atoms with Crippen molar-refractivity contribution in [1.82, 2.24) is 14.1 Å². The number of aryl methyl sites for hydroxylation is 3. The average molecular weight is 356 g/mol. The average Bonchev–Trinajstić information content (AvgIpc) is 3.15. The highest BCUT2D eigenvalue weighted by atomic mass is 35.5. The van der Waals surface area contributed by atoms with E-state index >= 15 is 0 Å². The van der Waals surface area contributed by atoms with Gasteiger partial charge in [0.15, 0.2) is 5.78 Å². The maximum Gasteiger partial charge on any atom is 0.170 e. The number of nitrogens with zero attached hydrogens (tertiary/aromatic N) is 3. The third-order valence-corrected chi connectivity index (χ3v) is 5.79. The first-order valence-electron chi connectivity index (χ1n) is 8.89. The second-order valence-electron chi connectivity index (χ2n) is 7.12. The van der Waals surface area contributed by atoms with Crippen LogP contribution in [0.2, 0.25) is 0 Å². The van der Waals surface area contributed by atoms with E-state index in [1.807, 2.05) is 19.3 Å².